The Morgan fingerprint density at radius 2 is 2.33 bits per heavy atom. The molecule has 0 atom stereocenters. The van der Waals surface area contributed by atoms with E-state index in [1.54, 1.807) is 6.07 Å². The fourth-order valence-corrected chi connectivity index (χ4v) is 1.48. The predicted octanol–water partition coefficient (Wildman–Crippen LogP) is 2.60. The molecule has 78 valence electrons. The van der Waals surface area contributed by atoms with E-state index in [1.165, 1.54) is 0 Å². The Bertz CT molecular complexity index is 429. The summed E-state index contributed by atoms with van der Waals surface area (Å²) < 4.78 is 24.9. The van der Waals surface area contributed by atoms with Crippen molar-refractivity contribution < 1.29 is 13.6 Å². The van der Waals surface area contributed by atoms with Crippen molar-refractivity contribution in [1.29, 1.82) is 5.26 Å². The van der Waals surface area contributed by atoms with Gasteiger partial charge in [-0.3, -0.25) is 4.79 Å². The van der Waals surface area contributed by atoms with Gasteiger partial charge in [-0.25, -0.2) is 13.8 Å². The van der Waals surface area contributed by atoms with Crippen LogP contribution in [0.4, 0.5) is 8.78 Å². The number of aldehydes is 1. The van der Waals surface area contributed by atoms with Crippen LogP contribution in [0.5, 0.6) is 0 Å². The number of pyridine rings is 1. The van der Waals surface area contributed by atoms with Crippen LogP contribution in [0.25, 0.3) is 0 Å². The summed E-state index contributed by atoms with van der Waals surface area (Å²) in [5.74, 6) is 0. The van der Waals surface area contributed by atoms with Crippen molar-refractivity contribution in [2.75, 3.05) is 0 Å². The van der Waals surface area contributed by atoms with Crippen LogP contribution in [0.1, 0.15) is 33.7 Å². The minimum Gasteiger partial charge on any atom is -0.296 e. The highest BCUT2D eigenvalue weighted by molar-refractivity contribution is 9.08. The van der Waals surface area contributed by atoms with E-state index in [4.69, 9.17) is 5.26 Å². The van der Waals surface area contributed by atoms with Gasteiger partial charge < -0.3 is 0 Å². The number of nitriles is 1. The summed E-state index contributed by atoms with van der Waals surface area (Å²) in [7, 11) is 0. The van der Waals surface area contributed by atoms with Gasteiger partial charge in [-0.1, -0.05) is 15.9 Å². The summed E-state index contributed by atoms with van der Waals surface area (Å²) in [6.07, 6.45) is -2.55. The molecule has 15 heavy (non-hydrogen) atoms. The van der Waals surface area contributed by atoms with E-state index in [2.05, 4.69) is 20.9 Å². The van der Waals surface area contributed by atoms with Gasteiger partial charge in [0.2, 0.25) is 0 Å². The third-order valence-corrected chi connectivity index (χ3v) is 2.36. The summed E-state index contributed by atoms with van der Waals surface area (Å²) >= 11 is 3.05. The second-order valence-electron chi connectivity index (χ2n) is 2.63. The molecule has 1 heterocycles. The van der Waals surface area contributed by atoms with Crippen LogP contribution in [0.3, 0.4) is 0 Å². The van der Waals surface area contributed by atoms with Crippen LogP contribution < -0.4 is 0 Å². The fourth-order valence-electron chi connectivity index (χ4n) is 1.05. The Labute approximate surface area is 92.9 Å². The third kappa shape index (κ3) is 2.36. The second kappa shape index (κ2) is 4.94. The van der Waals surface area contributed by atoms with Gasteiger partial charge in [-0.15, -0.1) is 0 Å². The SMILES string of the molecule is N#Cc1nc(C=O)c(C(F)F)cc1CBr. The lowest BCUT2D eigenvalue weighted by Crippen LogP contribution is -2.02. The molecule has 3 nitrogen and oxygen atoms in total. The number of carbonyl (C=O) groups is 1. The first-order chi connectivity index (χ1) is 7.13. The number of hydrogen-bond donors (Lipinski definition) is 0. The minimum absolute atomic E-state index is 0.0154. The van der Waals surface area contributed by atoms with Crippen molar-refractivity contribution in [3.05, 3.63) is 28.6 Å². The molecule has 0 amide bonds. The zero-order chi connectivity index (χ0) is 11.4. The molecule has 0 bridgehead atoms. The highest BCUT2D eigenvalue weighted by atomic mass is 79.9. The number of aromatic nitrogens is 1. The van der Waals surface area contributed by atoms with Gasteiger partial charge in [0.25, 0.3) is 6.43 Å². The van der Waals surface area contributed by atoms with Crippen LogP contribution in [-0.4, -0.2) is 11.3 Å². The van der Waals surface area contributed by atoms with E-state index < -0.39 is 12.0 Å². The first kappa shape index (κ1) is 11.7. The largest absolute Gasteiger partial charge is 0.296 e. The lowest BCUT2D eigenvalue weighted by Gasteiger charge is -2.06. The van der Waals surface area contributed by atoms with Crippen LogP contribution in [-0.2, 0) is 5.33 Å². The zero-order valence-electron chi connectivity index (χ0n) is 7.38. The van der Waals surface area contributed by atoms with Crippen molar-refractivity contribution in [2.24, 2.45) is 0 Å². The molecule has 0 fully saturated rings. The van der Waals surface area contributed by atoms with E-state index in [0.29, 0.717) is 5.56 Å². The van der Waals surface area contributed by atoms with Crippen LogP contribution in [0, 0.1) is 11.3 Å². The minimum atomic E-state index is -2.77. The van der Waals surface area contributed by atoms with E-state index in [0.717, 1.165) is 6.07 Å². The Morgan fingerprint density at radius 3 is 2.73 bits per heavy atom. The molecular formula is C9H5BrF2N2O. The number of alkyl halides is 3. The number of rotatable bonds is 3. The molecule has 0 N–H and O–H groups in total. The van der Waals surface area contributed by atoms with Gasteiger partial charge in [-0.05, 0) is 11.6 Å². The highest BCUT2D eigenvalue weighted by Crippen LogP contribution is 2.24. The van der Waals surface area contributed by atoms with Gasteiger partial charge >= 0.3 is 0 Å². The molecule has 0 aliphatic rings. The molecule has 0 saturated carbocycles. The Kier molecular flexibility index (Phi) is 3.86. The monoisotopic (exact) mass is 274 g/mol. The zero-order valence-corrected chi connectivity index (χ0v) is 8.96. The quantitative estimate of drug-likeness (QED) is 0.629. The Balaban J connectivity index is 3.42. The average molecular weight is 275 g/mol. The Hall–Kier alpha value is -1.35. The van der Waals surface area contributed by atoms with E-state index in [9.17, 15) is 13.6 Å². The molecule has 6 heteroatoms. The van der Waals surface area contributed by atoms with Crippen molar-refractivity contribution in [3.8, 4) is 6.07 Å². The molecule has 1 aromatic rings. The van der Waals surface area contributed by atoms with E-state index in [1.807, 2.05) is 0 Å². The highest BCUT2D eigenvalue weighted by Gasteiger charge is 2.17. The molecule has 0 aliphatic carbocycles. The van der Waals surface area contributed by atoms with Crippen LogP contribution >= 0.6 is 15.9 Å². The summed E-state index contributed by atoms with van der Waals surface area (Å²) in [6, 6.07) is 2.86. The molecule has 0 radical (unpaired) electrons. The topological polar surface area (TPSA) is 53.8 Å². The Morgan fingerprint density at radius 1 is 1.67 bits per heavy atom. The maximum Gasteiger partial charge on any atom is 0.266 e. The van der Waals surface area contributed by atoms with Crippen molar-refractivity contribution >= 4 is 22.2 Å². The van der Waals surface area contributed by atoms with Crippen molar-refractivity contribution in [1.82, 2.24) is 4.98 Å². The fraction of sp³-hybridized carbons (Fsp3) is 0.222. The summed E-state index contributed by atoms with van der Waals surface area (Å²) in [5, 5.41) is 8.90. The second-order valence-corrected chi connectivity index (χ2v) is 3.20. The maximum absolute atomic E-state index is 12.5. The first-order valence-electron chi connectivity index (χ1n) is 3.87. The molecule has 0 aliphatic heterocycles. The molecule has 1 rings (SSSR count). The smallest absolute Gasteiger partial charge is 0.266 e. The lowest BCUT2D eigenvalue weighted by molar-refractivity contribution is 0.110. The van der Waals surface area contributed by atoms with Gasteiger partial charge in [0.15, 0.2) is 6.29 Å². The summed E-state index contributed by atoms with van der Waals surface area (Å²) in [6.45, 7) is 0. The molecule has 1 aromatic heterocycles. The number of halogens is 3. The normalized spacial score (nSPS) is 10.1. The third-order valence-electron chi connectivity index (χ3n) is 1.76. The summed E-state index contributed by atoms with van der Waals surface area (Å²) in [4.78, 5) is 14.0. The van der Waals surface area contributed by atoms with Crippen molar-refractivity contribution in [3.63, 3.8) is 0 Å². The van der Waals surface area contributed by atoms with E-state index >= 15 is 0 Å². The van der Waals surface area contributed by atoms with Gasteiger partial charge in [0.05, 0.1) is 0 Å². The number of hydrogen-bond acceptors (Lipinski definition) is 3. The average Bonchev–Trinajstić information content (AvgIpc) is 2.26. The maximum atomic E-state index is 12.5. The molecule has 0 saturated heterocycles. The van der Waals surface area contributed by atoms with Gasteiger partial charge in [0.1, 0.15) is 17.5 Å². The van der Waals surface area contributed by atoms with Gasteiger partial charge in [0, 0.05) is 10.9 Å². The molecular weight excluding hydrogens is 270 g/mol. The summed E-state index contributed by atoms with van der Waals surface area (Å²) in [5.41, 5.74) is -0.499. The molecule has 0 unspecified atom stereocenters. The van der Waals surface area contributed by atoms with E-state index in [-0.39, 0.29) is 23.0 Å². The standard InChI is InChI=1S/C9H5BrF2N2O/c10-2-5-1-6(9(11)12)8(4-15)14-7(5)3-13/h1,4,9H,2H2. The predicted molar refractivity (Wildman–Crippen MR) is 51.9 cm³/mol. The first-order valence-corrected chi connectivity index (χ1v) is 4.99. The number of nitrogens with zero attached hydrogens (tertiary/aromatic N) is 2. The van der Waals surface area contributed by atoms with Crippen LogP contribution in [0.2, 0.25) is 0 Å². The number of carbonyl (C=O) groups excluding carboxylic acids is 1. The molecule has 0 spiro atoms. The van der Waals surface area contributed by atoms with Crippen molar-refractivity contribution in [2.45, 2.75) is 11.8 Å². The molecule has 0 aromatic carbocycles. The van der Waals surface area contributed by atoms with Gasteiger partial charge in [-0.2, -0.15) is 5.26 Å². The van der Waals surface area contributed by atoms with Crippen LogP contribution in [0.15, 0.2) is 6.07 Å². The lowest BCUT2D eigenvalue weighted by atomic mass is 10.1.